The van der Waals surface area contributed by atoms with Crippen LogP contribution >= 0.6 is 11.3 Å². The number of benzene rings is 1. The molecule has 1 aliphatic rings. The second-order valence-electron chi connectivity index (χ2n) is 5.68. The molecule has 2 amide bonds. The minimum atomic E-state index is -0.791. The minimum Gasteiger partial charge on any atom is -0.465 e. The summed E-state index contributed by atoms with van der Waals surface area (Å²) in [6.07, 6.45) is 2.64. The van der Waals surface area contributed by atoms with Crippen molar-refractivity contribution < 1.29 is 19.1 Å². The number of hydrogen-bond donors (Lipinski definition) is 2. The van der Waals surface area contributed by atoms with Gasteiger partial charge < -0.3 is 15.4 Å². The van der Waals surface area contributed by atoms with Gasteiger partial charge in [0.1, 0.15) is 5.00 Å². The number of aryl methyl sites for hydroxylation is 1. The lowest BCUT2D eigenvalue weighted by Gasteiger charge is -2.08. The molecule has 0 radical (unpaired) electrons. The smallest absolute Gasteiger partial charge is 0.341 e. The van der Waals surface area contributed by atoms with Crippen molar-refractivity contribution >= 4 is 34.1 Å². The highest BCUT2D eigenvalue weighted by Gasteiger charge is 2.29. The average molecular weight is 358 g/mol. The lowest BCUT2D eigenvalue weighted by molar-refractivity contribution is -0.136. The molecule has 3 rings (SSSR count). The highest BCUT2D eigenvalue weighted by Crippen LogP contribution is 2.39. The van der Waals surface area contributed by atoms with Crippen molar-refractivity contribution in [2.24, 2.45) is 0 Å². The fraction of sp³-hybridized carbons (Fsp3) is 0.278. The lowest BCUT2D eigenvalue weighted by Crippen LogP contribution is -2.35. The van der Waals surface area contributed by atoms with E-state index < -0.39 is 17.8 Å². The third-order valence-electron chi connectivity index (χ3n) is 4.04. The summed E-state index contributed by atoms with van der Waals surface area (Å²) in [6.45, 7) is 0.262. The standard InChI is InChI=1S/C18H18N2O4S/c1-24-18(23)14-12-8-5-9-13(12)25-17(14)20-16(22)15(21)19-10-11-6-3-2-4-7-11/h2-4,6-7H,5,8-10H2,1H3,(H,19,21)(H,20,22). The molecule has 7 heteroatoms. The summed E-state index contributed by atoms with van der Waals surface area (Å²) in [7, 11) is 1.31. The molecule has 1 aromatic carbocycles. The molecule has 0 unspecified atom stereocenters. The maximum atomic E-state index is 12.2. The van der Waals surface area contributed by atoms with E-state index in [0.29, 0.717) is 10.6 Å². The van der Waals surface area contributed by atoms with E-state index in [1.54, 1.807) is 0 Å². The molecule has 0 bridgehead atoms. The Balaban J connectivity index is 1.68. The first-order valence-electron chi connectivity index (χ1n) is 7.96. The summed E-state index contributed by atoms with van der Waals surface area (Å²) >= 11 is 1.34. The van der Waals surface area contributed by atoms with Crippen LogP contribution in [0.5, 0.6) is 0 Å². The van der Waals surface area contributed by atoms with E-state index in [4.69, 9.17) is 4.74 Å². The maximum absolute atomic E-state index is 12.2. The van der Waals surface area contributed by atoms with Crippen molar-refractivity contribution in [2.45, 2.75) is 25.8 Å². The van der Waals surface area contributed by atoms with Gasteiger partial charge in [-0.15, -0.1) is 11.3 Å². The van der Waals surface area contributed by atoms with E-state index >= 15 is 0 Å². The van der Waals surface area contributed by atoms with Crippen LogP contribution in [0, 0.1) is 0 Å². The first-order chi connectivity index (χ1) is 12.1. The van der Waals surface area contributed by atoms with Crippen LogP contribution in [0.15, 0.2) is 30.3 Å². The predicted octanol–water partition coefficient (Wildman–Crippen LogP) is 2.28. The molecule has 1 heterocycles. The number of thiophene rings is 1. The Morgan fingerprint density at radius 3 is 2.60 bits per heavy atom. The summed E-state index contributed by atoms with van der Waals surface area (Å²) in [6, 6.07) is 9.31. The van der Waals surface area contributed by atoms with Gasteiger partial charge in [0.25, 0.3) is 0 Å². The summed E-state index contributed by atoms with van der Waals surface area (Å²) < 4.78 is 4.82. The minimum absolute atomic E-state index is 0.262. The van der Waals surface area contributed by atoms with Crippen molar-refractivity contribution in [1.29, 1.82) is 0 Å². The van der Waals surface area contributed by atoms with Gasteiger partial charge in [0, 0.05) is 11.4 Å². The quantitative estimate of drug-likeness (QED) is 0.649. The number of carbonyl (C=O) groups is 3. The van der Waals surface area contributed by atoms with E-state index in [1.807, 2.05) is 30.3 Å². The molecule has 2 aromatic rings. The van der Waals surface area contributed by atoms with Gasteiger partial charge >= 0.3 is 17.8 Å². The van der Waals surface area contributed by atoms with Crippen LogP contribution in [0.2, 0.25) is 0 Å². The molecule has 0 saturated heterocycles. The molecule has 0 aliphatic heterocycles. The van der Waals surface area contributed by atoms with Gasteiger partial charge in [-0.1, -0.05) is 30.3 Å². The molecular formula is C18H18N2O4S. The first-order valence-corrected chi connectivity index (χ1v) is 8.77. The van der Waals surface area contributed by atoms with Crippen LogP contribution in [0.3, 0.4) is 0 Å². The van der Waals surface area contributed by atoms with Gasteiger partial charge in [-0.3, -0.25) is 9.59 Å². The predicted molar refractivity (Wildman–Crippen MR) is 94.6 cm³/mol. The Morgan fingerprint density at radius 2 is 1.88 bits per heavy atom. The number of esters is 1. The number of hydrogen-bond acceptors (Lipinski definition) is 5. The number of rotatable bonds is 4. The zero-order valence-electron chi connectivity index (χ0n) is 13.8. The lowest BCUT2D eigenvalue weighted by atomic mass is 10.1. The van der Waals surface area contributed by atoms with Crippen LogP contribution in [0.1, 0.15) is 32.8 Å². The number of carbonyl (C=O) groups excluding carboxylic acids is 3. The molecule has 2 N–H and O–H groups in total. The van der Waals surface area contributed by atoms with E-state index in [-0.39, 0.29) is 6.54 Å². The van der Waals surface area contributed by atoms with Gasteiger partial charge in [0.15, 0.2) is 0 Å². The topological polar surface area (TPSA) is 84.5 Å². The third-order valence-corrected chi connectivity index (χ3v) is 5.25. The Kier molecular flexibility index (Phi) is 5.14. The van der Waals surface area contributed by atoms with E-state index in [1.165, 1.54) is 18.4 Å². The van der Waals surface area contributed by atoms with Crippen LogP contribution in [0.4, 0.5) is 5.00 Å². The van der Waals surface area contributed by atoms with Crippen LogP contribution in [0.25, 0.3) is 0 Å². The molecule has 1 aliphatic carbocycles. The Bertz CT molecular complexity index is 814. The Hall–Kier alpha value is -2.67. The highest BCUT2D eigenvalue weighted by molar-refractivity contribution is 7.17. The van der Waals surface area contributed by atoms with E-state index in [2.05, 4.69) is 10.6 Å². The van der Waals surface area contributed by atoms with Gasteiger partial charge in [-0.2, -0.15) is 0 Å². The van der Waals surface area contributed by atoms with Crippen LogP contribution in [-0.2, 0) is 33.7 Å². The third kappa shape index (κ3) is 3.71. The second-order valence-corrected chi connectivity index (χ2v) is 6.78. The van der Waals surface area contributed by atoms with Gasteiger partial charge in [0.05, 0.1) is 12.7 Å². The average Bonchev–Trinajstić information content (AvgIpc) is 3.20. The number of methoxy groups -OCH3 is 1. The molecular weight excluding hydrogens is 340 g/mol. The highest BCUT2D eigenvalue weighted by atomic mass is 32.1. The number of ether oxygens (including phenoxy) is 1. The van der Waals surface area contributed by atoms with Crippen molar-refractivity contribution in [3.8, 4) is 0 Å². The fourth-order valence-electron chi connectivity index (χ4n) is 2.83. The number of amides is 2. The molecule has 0 saturated carbocycles. The zero-order valence-corrected chi connectivity index (χ0v) is 14.6. The number of nitrogens with one attached hydrogen (secondary N) is 2. The fourth-order valence-corrected chi connectivity index (χ4v) is 4.10. The molecule has 0 atom stereocenters. The molecule has 130 valence electrons. The largest absolute Gasteiger partial charge is 0.465 e. The van der Waals surface area contributed by atoms with Crippen LogP contribution in [-0.4, -0.2) is 24.9 Å². The van der Waals surface area contributed by atoms with E-state index in [9.17, 15) is 14.4 Å². The molecule has 25 heavy (non-hydrogen) atoms. The summed E-state index contributed by atoms with van der Waals surface area (Å²) in [5, 5.41) is 5.51. The Labute approximate surface area is 149 Å². The van der Waals surface area contributed by atoms with Crippen molar-refractivity contribution in [2.75, 3.05) is 12.4 Å². The second kappa shape index (κ2) is 7.48. The van der Waals surface area contributed by atoms with E-state index in [0.717, 1.165) is 35.3 Å². The first kappa shape index (κ1) is 17.2. The van der Waals surface area contributed by atoms with Gasteiger partial charge in [-0.05, 0) is 30.4 Å². The monoisotopic (exact) mass is 358 g/mol. The van der Waals surface area contributed by atoms with Gasteiger partial charge in [-0.25, -0.2) is 4.79 Å². The Morgan fingerprint density at radius 1 is 1.12 bits per heavy atom. The van der Waals surface area contributed by atoms with Gasteiger partial charge in [0.2, 0.25) is 0 Å². The van der Waals surface area contributed by atoms with Crippen molar-refractivity contribution in [3.63, 3.8) is 0 Å². The SMILES string of the molecule is COC(=O)c1c(NC(=O)C(=O)NCc2ccccc2)sc2c1CCC2. The normalized spacial score (nSPS) is 12.4. The summed E-state index contributed by atoms with van der Waals surface area (Å²) in [5.41, 5.74) is 2.20. The summed E-state index contributed by atoms with van der Waals surface area (Å²) in [4.78, 5) is 37.3. The van der Waals surface area contributed by atoms with Crippen molar-refractivity contribution in [1.82, 2.24) is 5.32 Å². The molecule has 0 fully saturated rings. The number of fused-ring (bicyclic) bond motifs is 1. The number of anilines is 1. The summed E-state index contributed by atoms with van der Waals surface area (Å²) in [5.74, 6) is -2.02. The van der Waals surface area contributed by atoms with Crippen molar-refractivity contribution in [3.05, 3.63) is 51.9 Å². The molecule has 1 aromatic heterocycles. The molecule has 0 spiro atoms. The maximum Gasteiger partial charge on any atom is 0.341 e. The zero-order chi connectivity index (χ0) is 17.8. The molecule has 6 nitrogen and oxygen atoms in total. The van der Waals surface area contributed by atoms with Crippen LogP contribution < -0.4 is 10.6 Å².